The zero-order valence-electron chi connectivity index (χ0n) is 15.9. The van der Waals surface area contributed by atoms with Crippen molar-refractivity contribution >= 4 is 35.0 Å². The molecule has 2 amide bonds. The summed E-state index contributed by atoms with van der Waals surface area (Å²) in [5, 5.41) is 20.2. The molecule has 0 saturated heterocycles. The lowest BCUT2D eigenvalue weighted by molar-refractivity contribution is -0.117. The van der Waals surface area contributed by atoms with Crippen LogP contribution in [0.15, 0.2) is 29.7 Å². The van der Waals surface area contributed by atoms with Crippen LogP contribution < -0.4 is 26.4 Å². The van der Waals surface area contributed by atoms with Gasteiger partial charge in [-0.1, -0.05) is 5.16 Å². The van der Waals surface area contributed by atoms with Gasteiger partial charge in [-0.2, -0.15) is 0 Å². The van der Waals surface area contributed by atoms with Crippen LogP contribution in [0.2, 0.25) is 0 Å². The van der Waals surface area contributed by atoms with Gasteiger partial charge in [-0.05, 0) is 18.9 Å². The van der Waals surface area contributed by atoms with E-state index < -0.39 is 0 Å². The van der Waals surface area contributed by atoms with Crippen LogP contribution in [0.3, 0.4) is 0 Å². The molecule has 0 spiro atoms. The second-order valence-electron chi connectivity index (χ2n) is 6.31. The molecule has 0 aromatic carbocycles. The summed E-state index contributed by atoms with van der Waals surface area (Å²) in [6, 6.07) is 3.05. The molecule has 11 heteroatoms. The van der Waals surface area contributed by atoms with Gasteiger partial charge < -0.3 is 31.6 Å². The van der Waals surface area contributed by atoms with Crippen molar-refractivity contribution < 1.29 is 19.5 Å². The Morgan fingerprint density at radius 2 is 2.07 bits per heavy atom. The van der Waals surface area contributed by atoms with Crippen molar-refractivity contribution in [2.75, 3.05) is 24.8 Å². The lowest BCUT2D eigenvalue weighted by Crippen LogP contribution is -2.21. The van der Waals surface area contributed by atoms with Gasteiger partial charge in [-0.3, -0.25) is 9.59 Å². The average Bonchev–Trinajstić information content (AvgIpc) is 3.58. The molecule has 1 aliphatic carbocycles. The van der Waals surface area contributed by atoms with Crippen molar-refractivity contribution in [2.24, 2.45) is 16.8 Å². The van der Waals surface area contributed by atoms with E-state index in [0.717, 1.165) is 12.8 Å². The van der Waals surface area contributed by atoms with Crippen LogP contribution in [0.25, 0.3) is 0 Å². The maximum Gasteiger partial charge on any atom is 0.254 e. The van der Waals surface area contributed by atoms with Crippen LogP contribution in [0.1, 0.15) is 28.8 Å². The van der Waals surface area contributed by atoms with Gasteiger partial charge in [-0.25, -0.2) is 9.97 Å². The van der Waals surface area contributed by atoms with E-state index in [1.54, 1.807) is 0 Å². The predicted octanol–water partition coefficient (Wildman–Crippen LogP) is 1.03. The van der Waals surface area contributed by atoms with E-state index in [2.05, 4.69) is 31.1 Å². The van der Waals surface area contributed by atoms with Crippen LogP contribution in [0.5, 0.6) is 5.75 Å². The first-order valence-corrected chi connectivity index (χ1v) is 8.79. The zero-order valence-corrected chi connectivity index (χ0v) is 15.9. The molecule has 2 aromatic rings. The molecule has 3 rings (SSSR count). The van der Waals surface area contributed by atoms with Gasteiger partial charge in [0.25, 0.3) is 5.91 Å². The lowest BCUT2D eigenvalue weighted by atomic mass is 10.2. The number of methoxy groups -OCH3 is 1. The Morgan fingerprint density at radius 3 is 2.69 bits per heavy atom. The second kappa shape index (κ2) is 8.42. The Kier molecular flexibility index (Phi) is 5.77. The molecular weight excluding hydrogens is 378 g/mol. The van der Waals surface area contributed by atoms with E-state index in [0.29, 0.717) is 17.1 Å². The van der Waals surface area contributed by atoms with E-state index in [4.69, 9.17) is 15.7 Å². The maximum atomic E-state index is 12.2. The van der Waals surface area contributed by atoms with Crippen LogP contribution in [-0.4, -0.2) is 47.0 Å². The number of carbonyl (C=O) groups excluding carboxylic acids is 2. The topological polar surface area (TPSA) is 164 Å². The number of nitrogens with two attached hydrogens (primary N) is 1. The normalized spacial score (nSPS) is 13.5. The lowest BCUT2D eigenvalue weighted by Gasteiger charge is -2.16. The van der Waals surface area contributed by atoms with Gasteiger partial charge >= 0.3 is 0 Å². The fourth-order valence-corrected chi connectivity index (χ4v) is 2.64. The maximum absolute atomic E-state index is 12.2. The first-order chi connectivity index (χ1) is 14.0. The fourth-order valence-electron chi connectivity index (χ4n) is 2.64. The number of carbonyl (C=O) groups is 2. The highest BCUT2D eigenvalue weighted by molar-refractivity contribution is 6.03. The summed E-state index contributed by atoms with van der Waals surface area (Å²) < 4.78 is 5.35. The van der Waals surface area contributed by atoms with Gasteiger partial charge in [-0.15, -0.1) is 0 Å². The Balaban J connectivity index is 2.00. The van der Waals surface area contributed by atoms with Crippen LogP contribution in [-0.2, 0) is 4.79 Å². The number of nitrogens with zero attached hydrogens (tertiary/aromatic N) is 3. The van der Waals surface area contributed by atoms with E-state index in [1.165, 1.54) is 38.7 Å². The number of aromatic nitrogens is 2. The van der Waals surface area contributed by atoms with Crippen LogP contribution >= 0.6 is 0 Å². The highest BCUT2D eigenvalue weighted by atomic mass is 16.5. The van der Waals surface area contributed by atoms with Crippen molar-refractivity contribution in [3.63, 3.8) is 0 Å². The summed E-state index contributed by atoms with van der Waals surface area (Å²) in [5.41, 5.74) is 6.57. The molecule has 0 bridgehead atoms. The van der Waals surface area contributed by atoms with Gasteiger partial charge in [0.1, 0.15) is 5.82 Å². The molecule has 1 aliphatic rings. The van der Waals surface area contributed by atoms with Gasteiger partial charge in [0.05, 0.1) is 23.9 Å². The number of amidine groups is 1. The van der Waals surface area contributed by atoms with E-state index >= 15 is 0 Å². The molecule has 152 valence electrons. The Morgan fingerprint density at radius 1 is 1.31 bits per heavy atom. The molecule has 29 heavy (non-hydrogen) atoms. The number of amides is 2. The van der Waals surface area contributed by atoms with E-state index in [1.807, 2.05) is 0 Å². The number of ether oxygens (including phenoxy) is 1. The molecule has 0 unspecified atom stereocenters. The largest absolute Gasteiger partial charge is 0.492 e. The smallest absolute Gasteiger partial charge is 0.254 e. The molecular formula is C18H21N7O4. The number of hydrogen-bond acceptors (Lipinski definition) is 8. The van der Waals surface area contributed by atoms with Crippen molar-refractivity contribution in [2.45, 2.75) is 12.8 Å². The van der Waals surface area contributed by atoms with Crippen molar-refractivity contribution in [3.05, 3.63) is 35.7 Å². The molecule has 1 fully saturated rings. The van der Waals surface area contributed by atoms with Gasteiger partial charge in [0.2, 0.25) is 5.91 Å². The minimum absolute atomic E-state index is 0.00557. The molecule has 1 saturated carbocycles. The van der Waals surface area contributed by atoms with Crippen LogP contribution in [0.4, 0.5) is 17.3 Å². The van der Waals surface area contributed by atoms with E-state index in [-0.39, 0.29) is 40.7 Å². The Labute approximate surface area is 166 Å². The third-order valence-corrected chi connectivity index (χ3v) is 4.32. The highest BCUT2D eigenvalue weighted by Crippen LogP contribution is 2.32. The van der Waals surface area contributed by atoms with Crippen molar-refractivity contribution in [1.82, 2.24) is 15.3 Å². The van der Waals surface area contributed by atoms with E-state index in [9.17, 15) is 9.59 Å². The average molecular weight is 399 g/mol. The zero-order chi connectivity index (χ0) is 21.0. The number of oxime groups is 1. The van der Waals surface area contributed by atoms with Crippen LogP contribution in [0, 0.1) is 5.92 Å². The number of rotatable bonds is 7. The first-order valence-electron chi connectivity index (χ1n) is 8.79. The Hall–Kier alpha value is -3.89. The summed E-state index contributed by atoms with van der Waals surface area (Å²) in [4.78, 5) is 32.6. The highest BCUT2D eigenvalue weighted by Gasteiger charge is 2.30. The molecule has 11 nitrogen and oxygen atoms in total. The fraction of sp³-hybridized carbons (Fsp3) is 0.278. The summed E-state index contributed by atoms with van der Waals surface area (Å²) in [7, 11) is 2.90. The predicted molar refractivity (Wildman–Crippen MR) is 106 cm³/mol. The monoisotopic (exact) mass is 399 g/mol. The summed E-state index contributed by atoms with van der Waals surface area (Å²) in [6.07, 6.45) is 4.50. The second-order valence-corrected chi connectivity index (χ2v) is 6.31. The standard InChI is InChI=1S/C18H21N7O4/c1-20-18(27)11-8-22-13(24-17(26)9-3-4-9)7-12(11)23-16-14(29-2)10(5-6-21-16)15(19)25-28/h5-9,28H,3-4H2,1-2H3,(H2,19,25)(H,20,27)(H2,21,22,23,24,26). The minimum Gasteiger partial charge on any atom is -0.492 e. The van der Waals surface area contributed by atoms with Crippen molar-refractivity contribution in [3.8, 4) is 5.75 Å². The molecule has 2 aromatic heterocycles. The number of nitrogens with one attached hydrogen (secondary N) is 3. The Bertz CT molecular complexity index is 973. The number of anilines is 3. The summed E-state index contributed by atoms with van der Waals surface area (Å²) in [5.74, 6) is 0.0893. The third kappa shape index (κ3) is 4.34. The minimum atomic E-state index is -0.383. The molecule has 6 N–H and O–H groups in total. The third-order valence-electron chi connectivity index (χ3n) is 4.32. The van der Waals surface area contributed by atoms with Gasteiger partial charge in [0, 0.05) is 31.4 Å². The molecule has 0 radical (unpaired) electrons. The molecule has 0 atom stereocenters. The molecule has 0 aliphatic heterocycles. The van der Waals surface area contributed by atoms with Crippen molar-refractivity contribution in [1.29, 1.82) is 0 Å². The number of hydrogen-bond donors (Lipinski definition) is 5. The SMILES string of the molecule is CNC(=O)c1cnc(NC(=O)C2CC2)cc1Nc1nccc(/C(N)=N\O)c1OC. The molecule has 2 heterocycles. The first kappa shape index (κ1) is 19.9. The quantitative estimate of drug-likeness (QED) is 0.199. The number of pyridine rings is 2. The summed E-state index contributed by atoms with van der Waals surface area (Å²) in [6.45, 7) is 0. The van der Waals surface area contributed by atoms with Gasteiger partial charge in [0.15, 0.2) is 17.4 Å². The summed E-state index contributed by atoms with van der Waals surface area (Å²) >= 11 is 0.